The number of benzene rings is 1. The lowest BCUT2D eigenvalue weighted by Gasteiger charge is -2.24. The zero-order valence-corrected chi connectivity index (χ0v) is 18.4. The summed E-state index contributed by atoms with van der Waals surface area (Å²) in [6.07, 6.45) is 6.64. The van der Waals surface area contributed by atoms with Crippen LogP contribution in [0.25, 0.3) is 0 Å². The number of carbonyl (C=O) groups is 2. The average molecular weight is 436 g/mol. The largest absolute Gasteiger partial charge is 0.397 e. The molecule has 1 aromatic heterocycles. The molecule has 0 atom stereocenters. The van der Waals surface area contributed by atoms with Gasteiger partial charge in [0.25, 0.3) is 5.91 Å². The van der Waals surface area contributed by atoms with Gasteiger partial charge in [0.1, 0.15) is 11.5 Å². The van der Waals surface area contributed by atoms with Gasteiger partial charge in [-0.2, -0.15) is 0 Å². The van der Waals surface area contributed by atoms with Crippen molar-refractivity contribution >= 4 is 29.1 Å². The van der Waals surface area contributed by atoms with Crippen molar-refractivity contribution < 1.29 is 9.59 Å². The maximum Gasteiger partial charge on any atom is 0.323 e. The molecule has 0 unspecified atom stereocenters. The van der Waals surface area contributed by atoms with Crippen molar-refractivity contribution in [1.29, 1.82) is 0 Å². The van der Waals surface area contributed by atoms with E-state index in [9.17, 15) is 9.59 Å². The van der Waals surface area contributed by atoms with E-state index in [0.29, 0.717) is 36.7 Å². The van der Waals surface area contributed by atoms with E-state index in [1.54, 1.807) is 53.7 Å². The van der Waals surface area contributed by atoms with E-state index in [-0.39, 0.29) is 17.6 Å². The summed E-state index contributed by atoms with van der Waals surface area (Å²) < 4.78 is 0. The fourth-order valence-corrected chi connectivity index (χ4v) is 3.15. The second kappa shape index (κ2) is 11.1. The molecule has 0 fully saturated rings. The molecular weight excluding hydrogens is 406 g/mol. The van der Waals surface area contributed by atoms with Gasteiger partial charge in [0.15, 0.2) is 0 Å². The van der Waals surface area contributed by atoms with Gasteiger partial charge in [-0.15, -0.1) is 0 Å². The summed E-state index contributed by atoms with van der Waals surface area (Å²) in [5.74, 6) is 0.291. The van der Waals surface area contributed by atoms with E-state index in [1.165, 1.54) is 0 Å². The molecule has 2 aromatic rings. The molecule has 4 N–H and O–H groups in total. The summed E-state index contributed by atoms with van der Waals surface area (Å²) in [5, 5.41) is 5.62. The van der Waals surface area contributed by atoms with Gasteiger partial charge < -0.3 is 20.9 Å². The summed E-state index contributed by atoms with van der Waals surface area (Å²) >= 11 is 0. The second-order valence-corrected chi connectivity index (χ2v) is 7.77. The Balaban J connectivity index is 1.63. The van der Waals surface area contributed by atoms with Crippen LogP contribution in [0.5, 0.6) is 0 Å². The van der Waals surface area contributed by atoms with E-state index < -0.39 is 0 Å². The van der Waals surface area contributed by atoms with E-state index in [2.05, 4.69) is 25.5 Å². The molecule has 2 heterocycles. The number of pyridine rings is 1. The number of hydrogen-bond donors (Lipinski definition) is 3. The first-order valence-electron chi connectivity index (χ1n) is 10.5. The van der Waals surface area contributed by atoms with Crippen molar-refractivity contribution in [3.8, 4) is 0 Å². The van der Waals surface area contributed by atoms with Crippen molar-refractivity contribution in [2.45, 2.75) is 19.4 Å². The monoisotopic (exact) mass is 435 g/mol. The highest BCUT2D eigenvalue weighted by atomic mass is 16.2. The normalized spacial score (nSPS) is 12.5. The minimum Gasteiger partial charge on any atom is -0.397 e. The number of nitrogens with one attached hydrogen (secondary N) is 2. The van der Waals surface area contributed by atoms with E-state index in [4.69, 9.17) is 5.73 Å². The number of anilines is 2. The first-order valence-corrected chi connectivity index (χ1v) is 10.5. The summed E-state index contributed by atoms with van der Waals surface area (Å²) in [6, 6.07) is 10.3. The van der Waals surface area contributed by atoms with Crippen LogP contribution in [-0.4, -0.2) is 59.7 Å². The van der Waals surface area contributed by atoms with Crippen molar-refractivity contribution in [2.75, 3.05) is 38.2 Å². The third-order valence-electron chi connectivity index (χ3n) is 4.86. The molecule has 0 saturated heterocycles. The summed E-state index contributed by atoms with van der Waals surface area (Å²) in [5.41, 5.74) is 8.00. The van der Waals surface area contributed by atoms with Crippen LogP contribution in [0.3, 0.4) is 0 Å². The van der Waals surface area contributed by atoms with Gasteiger partial charge in [-0.25, -0.2) is 9.79 Å². The SMILES string of the molecule is CN(C)CCCN(Cc1ccc(C(=O)Nc2ccccc2N)nc1)C(=O)NC1=NC=CC1. The summed E-state index contributed by atoms with van der Waals surface area (Å²) in [4.78, 5) is 37.5. The Bertz CT molecular complexity index is 1000. The van der Waals surface area contributed by atoms with Gasteiger partial charge in [0.2, 0.25) is 0 Å². The van der Waals surface area contributed by atoms with Gasteiger partial charge in [-0.05, 0) is 50.8 Å². The molecular formula is C23H29N7O2. The lowest BCUT2D eigenvalue weighted by Crippen LogP contribution is -2.43. The Kier molecular flexibility index (Phi) is 7.93. The molecule has 1 aromatic carbocycles. The highest BCUT2D eigenvalue weighted by Gasteiger charge is 2.17. The van der Waals surface area contributed by atoms with Crippen LogP contribution in [0.15, 0.2) is 59.9 Å². The van der Waals surface area contributed by atoms with Crippen molar-refractivity contribution in [3.05, 3.63) is 66.1 Å². The second-order valence-electron chi connectivity index (χ2n) is 7.77. The first-order chi connectivity index (χ1) is 15.4. The van der Waals surface area contributed by atoms with E-state index >= 15 is 0 Å². The minimum absolute atomic E-state index is 0.201. The maximum absolute atomic E-state index is 12.8. The first kappa shape index (κ1) is 23.0. The molecule has 168 valence electrons. The highest BCUT2D eigenvalue weighted by molar-refractivity contribution is 6.04. The van der Waals surface area contributed by atoms with Crippen LogP contribution < -0.4 is 16.4 Å². The third kappa shape index (κ3) is 6.64. The van der Waals surface area contributed by atoms with Crippen LogP contribution in [-0.2, 0) is 6.54 Å². The molecule has 9 heteroatoms. The van der Waals surface area contributed by atoms with Gasteiger partial charge in [0.05, 0.1) is 11.4 Å². The lowest BCUT2D eigenvalue weighted by molar-refractivity contribution is 0.102. The molecule has 0 spiro atoms. The number of urea groups is 1. The quantitative estimate of drug-likeness (QED) is 0.552. The molecule has 3 amide bonds. The number of carbonyl (C=O) groups excluding carboxylic acids is 2. The van der Waals surface area contributed by atoms with Crippen molar-refractivity contribution in [1.82, 2.24) is 20.1 Å². The summed E-state index contributed by atoms with van der Waals surface area (Å²) in [6.45, 7) is 1.83. The van der Waals surface area contributed by atoms with Gasteiger partial charge in [-0.3, -0.25) is 15.1 Å². The fourth-order valence-electron chi connectivity index (χ4n) is 3.15. The number of nitrogens with zero attached hydrogens (tertiary/aromatic N) is 4. The molecule has 0 saturated carbocycles. The number of nitrogen functional groups attached to an aromatic ring is 1. The van der Waals surface area contributed by atoms with Crippen molar-refractivity contribution in [3.63, 3.8) is 0 Å². The molecule has 3 rings (SSSR count). The minimum atomic E-state index is -0.346. The Morgan fingerprint density at radius 2 is 1.91 bits per heavy atom. The number of amides is 3. The summed E-state index contributed by atoms with van der Waals surface area (Å²) in [7, 11) is 4.00. The van der Waals surface area contributed by atoms with E-state index in [1.807, 2.05) is 20.2 Å². The Morgan fingerprint density at radius 1 is 1.09 bits per heavy atom. The molecule has 1 aliphatic rings. The average Bonchev–Trinajstić information content (AvgIpc) is 3.28. The smallest absolute Gasteiger partial charge is 0.323 e. The number of aromatic nitrogens is 1. The topological polar surface area (TPSA) is 116 Å². The van der Waals surface area contributed by atoms with Gasteiger partial charge in [0, 0.05) is 31.9 Å². The van der Waals surface area contributed by atoms with Gasteiger partial charge in [-0.1, -0.05) is 24.3 Å². The van der Waals surface area contributed by atoms with Gasteiger partial charge >= 0.3 is 6.03 Å². The maximum atomic E-state index is 12.8. The van der Waals surface area contributed by atoms with Crippen molar-refractivity contribution in [2.24, 2.45) is 4.99 Å². The number of aliphatic imine (C=N–C) groups is 1. The number of para-hydroxylation sites is 2. The Labute approximate surface area is 188 Å². The predicted octanol–water partition coefficient (Wildman–Crippen LogP) is 2.70. The number of amidine groups is 1. The lowest BCUT2D eigenvalue weighted by atomic mass is 10.2. The molecule has 9 nitrogen and oxygen atoms in total. The Morgan fingerprint density at radius 3 is 2.56 bits per heavy atom. The number of rotatable bonds is 8. The number of nitrogens with two attached hydrogens (primary N) is 1. The molecule has 32 heavy (non-hydrogen) atoms. The zero-order valence-electron chi connectivity index (χ0n) is 18.4. The molecule has 0 aliphatic carbocycles. The standard InChI is InChI=1S/C23H29N7O2/c1-29(2)13-6-14-30(23(32)28-21-9-5-12-25-21)16-17-10-11-20(26-15-17)22(31)27-19-8-4-3-7-18(19)24/h3-5,7-8,10-12,15H,6,9,13-14,16,24H2,1-2H3,(H,27,31)(H,25,28,32). The third-order valence-corrected chi connectivity index (χ3v) is 4.86. The van der Waals surface area contributed by atoms with Crippen LogP contribution in [0.1, 0.15) is 28.9 Å². The predicted molar refractivity (Wildman–Crippen MR) is 126 cm³/mol. The highest BCUT2D eigenvalue weighted by Crippen LogP contribution is 2.17. The number of hydrogen-bond acceptors (Lipinski definition) is 6. The van der Waals surface area contributed by atoms with Crippen LogP contribution in [0.4, 0.5) is 16.2 Å². The Hall–Kier alpha value is -3.72. The molecule has 0 radical (unpaired) electrons. The zero-order chi connectivity index (χ0) is 22.9. The van der Waals surface area contributed by atoms with E-state index in [0.717, 1.165) is 18.5 Å². The fraction of sp³-hybridized carbons (Fsp3) is 0.304. The molecule has 0 bridgehead atoms. The van der Waals surface area contributed by atoms with Crippen LogP contribution in [0.2, 0.25) is 0 Å². The molecule has 1 aliphatic heterocycles. The van der Waals surface area contributed by atoms with Crippen LogP contribution in [0, 0.1) is 0 Å². The van der Waals surface area contributed by atoms with Crippen LogP contribution >= 0.6 is 0 Å².